The number of benzene rings is 3. The lowest BCUT2D eigenvalue weighted by atomic mass is 9.94. The van der Waals surface area contributed by atoms with Gasteiger partial charge in [-0.1, -0.05) is 76.9 Å². The van der Waals surface area contributed by atoms with Crippen molar-refractivity contribution in [3.63, 3.8) is 0 Å². The molecular weight excluding hydrogens is 452 g/mol. The van der Waals surface area contributed by atoms with E-state index < -0.39 is 6.04 Å². The van der Waals surface area contributed by atoms with Gasteiger partial charge in [-0.2, -0.15) is 4.98 Å². The molecule has 1 unspecified atom stereocenters. The van der Waals surface area contributed by atoms with Gasteiger partial charge in [0.25, 0.3) is 5.89 Å². The second-order valence-electron chi connectivity index (χ2n) is 9.02. The Labute approximate surface area is 210 Å². The number of rotatable bonds is 6. The van der Waals surface area contributed by atoms with Crippen molar-refractivity contribution in [2.45, 2.75) is 33.4 Å². The third-order valence-corrected chi connectivity index (χ3v) is 6.45. The molecule has 0 radical (unpaired) electrons. The fourth-order valence-corrected chi connectivity index (χ4v) is 4.35. The molecule has 0 saturated heterocycles. The standard InChI is InChI=1S/C29H28N4O3/c1-18-8-12-21(13-9-18)17-33-20(3)25(26(30-29(33)34)23-6-5-7-24(16-23)35-4)28-31-27(32-36-28)22-14-10-19(2)11-15-22/h5-16,26H,17H2,1-4H3,(H,30,34). The zero-order chi connectivity index (χ0) is 25.2. The normalized spacial score (nSPS) is 15.7. The number of methoxy groups -OCH3 is 1. The number of amides is 2. The minimum absolute atomic E-state index is 0.192. The van der Waals surface area contributed by atoms with Crippen LogP contribution in [0.4, 0.5) is 4.79 Å². The molecule has 182 valence electrons. The summed E-state index contributed by atoms with van der Waals surface area (Å²) in [6, 6.07) is 23.1. The molecule has 0 aliphatic carbocycles. The number of carbonyl (C=O) groups is 1. The molecule has 1 aromatic heterocycles. The van der Waals surface area contributed by atoms with E-state index in [0.717, 1.165) is 33.5 Å². The van der Waals surface area contributed by atoms with Crippen LogP contribution in [0.5, 0.6) is 5.75 Å². The quantitative estimate of drug-likeness (QED) is 0.363. The van der Waals surface area contributed by atoms with Crippen LogP contribution in [0.3, 0.4) is 0 Å². The summed E-state index contributed by atoms with van der Waals surface area (Å²) in [5.74, 6) is 1.56. The van der Waals surface area contributed by atoms with E-state index in [1.165, 1.54) is 5.56 Å². The van der Waals surface area contributed by atoms with Gasteiger partial charge in [-0.25, -0.2) is 4.79 Å². The lowest BCUT2D eigenvalue weighted by Gasteiger charge is -2.35. The SMILES string of the molecule is COc1cccc(C2NC(=O)N(Cc3ccc(C)cc3)C(C)=C2c2nc(-c3ccc(C)cc3)no2)c1. The van der Waals surface area contributed by atoms with Crippen molar-refractivity contribution in [2.75, 3.05) is 7.11 Å². The van der Waals surface area contributed by atoms with Crippen molar-refractivity contribution in [1.82, 2.24) is 20.4 Å². The van der Waals surface area contributed by atoms with Crippen LogP contribution < -0.4 is 10.1 Å². The summed E-state index contributed by atoms with van der Waals surface area (Å²) >= 11 is 0. The Bertz CT molecular complexity index is 1420. The highest BCUT2D eigenvalue weighted by Gasteiger charge is 2.36. The maximum Gasteiger partial charge on any atom is 0.322 e. The lowest BCUT2D eigenvalue weighted by Crippen LogP contribution is -2.45. The Morgan fingerprint density at radius 3 is 2.36 bits per heavy atom. The Morgan fingerprint density at radius 2 is 1.67 bits per heavy atom. The average molecular weight is 481 g/mol. The Hall–Kier alpha value is -4.39. The highest BCUT2D eigenvalue weighted by molar-refractivity contribution is 5.87. The summed E-state index contributed by atoms with van der Waals surface area (Å²) in [4.78, 5) is 19.8. The summed E-state index contributed by atoms with van der Waals surface area (Å²) in [6.07, 6.45) is 0. The summed E-state index contributed by atoms with van der Waals surface area (Å²) in [5, 5.41) is 7.40. The molecule has 4 aromatic rings. The fraction of sp³-hybridized carbons (Fsp3) is 0.207. The maximum atomic E-state index is 13.3. The van der Waals surface area contributed by atoms with Crippen molar-refractivity contribution in [2.24, 2.45) is 0 Å². The van der Waals surface area contributed by atoms with Crippen LogP contribution in [-0.2, 0) is 6.54 Å². The van der Waals surface area contributed by atoms with Crippen LogP contribution in [0.25, 0.3) is 17.0 Å². The van der Waals surface area contributed by atoms with Crippen LogP contribution >= 0.6 is 0 Å². The average Bonchev–Trinajstić information content (AvgIpc) is 3.37. The Kier molecular flexibility index (Phi) is 6.29. The number of nitrogens with one attached hydrogen (secondary N) is 1. The second kappa shape index (κ2) is 9.70. The van der Waals surface area contributed by atoms with Gasteiger partial charge in [0.2, 0.25) is 5.82 Å². The summed E-state index contributed by atoms with van der Waals surface area (Å²) in [5.41, 5.74) is 6.58. The molecule has 0 saturated carbocycles. The smallest absolute Gasteiger partial charge is 0.322 e. The van der Waals surface area contributed by atoms with Crippen molar-refractivity contribution >= 4 is 11.6 Å². The third kappa shape index (κ3) is 4.60. The van der Waals surface area contributed by atoms with E-state index in [9.17, 15) is 4.79 Å². The zero-order valence-electron chi connectivity index (χ0n) is 20.8. The van der Waals surface area contributed by atoms with Gasteiger partial charge >= 0.3 is 6.03 Å². The zero-order valence-corrected chi connectivity index (χ0v) is 20.8. The predicted octanol–water partition coefficient (Wildman–Crippen LogP) is 6.06. The highest BCUT2D eigenvalue weighted by atomic mass is 16.5. The van der Waals surface area contributed by atoms with Gasteiger partial charge in [-0.05, 0) is 44.0 Å². The van der Waals surface area contributed by atoms with E-state index in [0.29, 0.717) is 24.0 Å². The number of hydrogen-bond acceptors (Lipinski definition) is 5. The number of carbonyl (C=O) groups excluding carboxylic acids is 1. The maximum absolute atomic E-state index is 13.3. The third-order valence-electron chi connectivity index (χ3n) is 6.45. The number of ether oxygens (including phenoxy) is 1. The first-order chi connectivity index (χ1) is 17.4. The summed E-state index contributed by atoms with van der Waals surface area (Å²) < 4.78 is 11.2. The van der Waals surface area contributed by atoms with Gasteiger partial charge < -0.3 is 14.6 Å². The topological polar surface area (TPSA) is 80.5 Å². The van der Waals surface area contributed by atoms with Gasteiger partial charge in [0.05, 0.1) is 25.3 Å². The molecule has 1 N–H and O–H groups in total. The Morgan fingerprint density at radius 1 is 0.972 bits per heavy atom. The first-order valence-electron chi connectivity index (χ1n) is 11.8. The van der Waals surface area contributed by atoms with Gasteiger partial charge in [0.1, 0.15) is 5.75 Å². The first kappa shape index (κ1) is 23.4. The van der Waals surface area contributed by atoms with Crippen molar-refractivity contribution < 1.29 is 14.1 Å². The number of aromatic nitrogens is 2. The molecule has 3 aromatic carbocycles. The van der Waals surface area contributed by atoms with Crippen LogP contribution in [0.1, 0.15) is 41.1 Å². The molecule has 2 amide bonds. The first-order valence-corrected chi connectivity index (χ1v) is 11.8. The van der Waals surface area contributed by atoms with Gasteiger partial charge in [-0.15, -0.1) is 0 Å². The van der Waals surface area contributed by atoms with Gasteiger partial charge in [-0.3, -0.25) is 4.90 Å². The van der Waals surface area contributed by atoms with Crippen LogP contribution in [0.15, 0.2) is 83.0 Å². The molecule has 5 rings (SSSR count). The molecule has 7 nitrogen and oxygen atoms in total. The summed E-state index contributed by atoms with van der Waals surface area (Å²) in [6.45, 7) is 6.42. The summed E-state index contributed by atoms with van der Waals surface area (Å²) in [7, 11) is 1.62. The molecule has 7 heteroatoms. The van der Waals surface area contributed by atoms with E-state index in [2.05, 4.69) is 10.5 Å². The van der Waals surface area contributed by atoms with E-state index in [4.69, 9.17) is 14.2 Å². The lowest BCUT2D eigenvalue weighted by molar-refractivity contribution is 0.203. The van der Waals surface area contributed by atoms with Gasteiger partial charge in [0, 0.05) is 11.3 Å². The van der Waals surface area contributed by atoms with Crippen molar-refractivity contribution in [3.05, 3.63) is 107 Å². The molecule has 1 aliphatic rings. The molecule has 36 heavy (non-hydrogen) atoms. The highest BCUT2D eigenvalue weighted by Crippen LogP contribution is 2.38. The molecule has 0 spiro atoms. The van der Waals surface area contributed by atoms with E-state index >= 15 is 0 Å². The van der Waals surface area contributed by atoms with Crippen LogP contribution in [0, 0.1) is 13.8 Å². The van der Waals surface area contributed by atoms with Crippen LogP contribution in [0.2, 0.25) is 0 Å². The number of hydrogen-bond donors (Lipinski definition) is 1. The monoisotopic (exact) mass is 480 g/mol. The minimum Gasteiger partial charge on any atom is -0.497 e. The van der Waals surface area contributed by atoms with Crippen molar-refractivity contribution in [3.8, 4) is 17.1 Å². The molecule has 1 aliphatic heterocycles. The molecule has 1 atom stereocenters. The van der Waals surface area contributed by atoms with Crippen molar-refractivity contribution in [1.29, 1.82) is 0 Å². The van der Waals surface area contributed by atoms with E-state index in [1.807, 2.05) is 93.6 Å². The van der Waals surface area contributed by atoms with E-state index in [-0.39, 0.29) is 6.03 Å². The molecule has 0 bridgehead atoms. The Balaban J connectivity index is 1.59. The van der Waals surface area contributed by atoms with Crippen LogP contribution in [-0.4, -0.2) is 28.2 Å². The minimum atomic E-state index is -0.479. The number of aryl methyl sites for hydroxylation is 2. The fourth-order valence-electron chi connectivity index (χ4n) is 4.35. The number of allylic oxidation sites excluding steroid dienone is 1. The largest absolute Gasteiger partial charge is 0.497 e. The van der Waals surface area contributed by atoms with Gasteiger partial charge in [0.15, 0.2) is 0 Å². The molecular formula is C29H28N4O3. The predicted molar refractivity (Wildman–Crippen MR) is 138 cm³/mol. The molecule has 2 heterocycles. The second-order valence-corrected chi connectivity index (χ2v) is 9.02. The van der Waals surface area contributed by atoms with E-state index in [1.54, 1.807) is 12.0 Å². The number of nitrogens with zero attached hydrogens (tertiary/aromatic N) is 3. The number of urea groups is 1. The molecule has 0 fully saturated rings.